The number of halogens is 1. The van der Waals surface area contributed by atoms with Crippen LogP contribution in [0.1, 0.15) is 18.7 Å². The predicted molar refractivity (Wildman–Crippen MR) is 89.2 cm³/mol. The van der Waals surface area contributed by atoms with E-state index in [-0.39, 0.29) is 5.91 Å². The minimum Gasteiger partial charge on any atom is -0.356 e. The van der Waals surface area contributed by atoms with Gasteiger partial charge < -0.3 is 14.7 Å². The number of aromatic nitrogens is 2. The van der Waals surface area contributed by atoms with Gasteiger partial charge in [0.2, 0.25) is 17.6 Å². The van der Waals surface area contributed by atoms with Crippen LogP contribution in [0.25, 0.3) is 11.4 Å². The smallest absolute Gasteiger partial charge is 0.227 e. The van der Waals surface area contributed by atoms with Crippen molar-refractivity contribution in [3.05, 3.63) is 35.2 Å². The molecule has 23 heavy (non-hydrogen) atoms. The largest absolute Gasteiger partial charge is 0.356 e. The lowest BCUT2D eigenvalue weighted by atomic mass is 10.2. The molecule has 6 nitrogen and oxygen atoms in total. The second kappa shape index (κ2) is 8.64. The number of hydrogen-bond donors (Lipinski definition) is 1. The topological polar surface area (TPSA) is 71.3 Å². The average Bonchev–Trinajstić information content (AvgIpc) is 2.98. The summed E-state index contributed by atoms with van der Waals surface area (Å²) < 4.78 is 5.18. The molecule has 124 valence electrons. The molecule has 1 aromatic carbocycles. The zero-order valence-corrected chi connectivity index (χ0v) is 14.1. The van der Waals surface area contributed by atoms with E-state index in [4.69, 9.17) is 16.1 Å². The SMILES string of the molecule is CN(C)CCCNC(=O)CCc1nc(-c2cccc(Cl)c2)no1. The van der Waals surface area contributed by atoms with Crippen LogP contribution in [0.2, 0.25) is 5.02 Å². The van der Waals surface area contributed by atoms with Crippen molar-refractivity contribution in [2.45, 2.75) is 19.3 Å². The number of amides is 1. The fraction of sp³-hybridized carbons (Fsp3) is 0.438. The van der Waals surface area contributed by atoms with Crippen LogP contribution in [0.15, 0.2) is 28.8 Å². The van der Waals surface area contributed by atoms with Gasteiger partial charge in [-0.25, -0.2) is 0 Å². The van der Waals surface area contributed by atoms with Gasteiger partial charge in [0, 0.05) is 30.0 Å². The molecule has 1 aromatic heterocycles. The summed E-state index contributed by atoms with van der Waals surface area (Å²) in [6.07, 6.45) is 1.68. The number of nitrogens with zero attached hydrogens (tertiary/aromatic N) is 3. The van der Waals surface area contributed by atoms with E-state index < -0.39 is 0 Å². The van der Waals surface area contributed by atoms with Gasteiger partial charge in [-0.15, -0.1) is 0 Å². The van der Waals surface area contributed by atoms with Crippen molar-refractivity contribution in [1.82, 2.24) is 20.4 Å². The van der Waals surface area contributed by atoms with E-state index in [0.29, 0.717) is 36.1 Å². The molecule has 0 saturated heterocycles. The number of carbonyl (C=O) groups excluding carboxylic acids is 1. The van der Waals surface area contributed by atoms with E-state index in [1.54, 1.807) is 12.1 Å². The highest BCUT2D eigenvalue weighted by Crippen LogP contribution is 2.20. The Morgan fingerprint density at radius 2 is 2.22 bits per heavy atom. The molecule has 2 aromatic rings. The molecular formula is C16H21ClN4O2. The van der Waals surface area contributed by atoms with Crippen LogP contribution >= 0.6 is 11.6 Å². The standard InChI is InChI=1S/C16H21ClN4O2/c1-21(2)10-4-9-18-14(22)7-8-15-19-16(20-23-15)12-5-3-6-13(17)11-12/h3,5-6,11H,4,7-10H2,1-2H3,(H,18,22). The molecule has 2 rings (SSSR count). The molecule has 0 radical (unpaired) electrons. The maximum Gasteiger partial charge on any atom is 0.227 e. The Hall–Kier alpha value is -1.92. The third-order valence-corrected chi connectivity index (χ3v) is 3.46. The summed E-state index contributed by atoms with van der Waals surface area (Å²) >= 11 is 5.94. The third-order valence-electron chi connectivity index (χ3n) is 3.22. The Bertz CT molecular complexity index is 643. The summed E-state index contributed by atoms with van der Waals surface area (Å²) in [5, 5.41) is 7.42. The van der Waals surface area contributed by atoms with Gasteiger partial charge in [-0.05, 0) is 39.2 Å². The number of aryl methyl sites for hydroxylation is 1. The van der Waals surface area contributed by atoms with Crippen LogP contribution in [-0.4, -0.2) is 48.1 Å². The number of hydrogen-bond acceptors (Lipinski definition) is 5. The lowest BCUT2D eigenvalue weighted by molar-refractivity contribution is -0.121. The first-order valence-corrected chi connectivity index (χ1v) is 7.92. The van der Waals surface area contributed by atoms with Crippen molar-refractivity contribution >= 4 is 17.5 Å². The van der Waals surface area contributed by atoms with Crippen molar-refractivity contribution < 1.29 is 9.32 Å². The highest BCUT2D eigenvalue weighted by atomic mass is 35.5. The van der Waals surface area contributed by atoms with Crippen molar-refractivity contribution in [2.24, 2.45) is 0 Å². The van der Waals surface area contributed by atoms with Crippen LogP contribution < -0.4 is 5.32 Å². The number of rotatable bonds is 8. The van der Waals surface area contributed by atoms with E-state index in [1.165, 1.54) is 0 Å². The van der Waals surface area contributed by atoms with E-state index in [1.807, 2.05) is 26.2 Å². The Labute approximate surface area is 140 Å². The maximum atomic E-state index is 11.8. The third kappa shape index (κ3) is 6.00. The second-order valence-corrected chi connectivity index (χ2v) is 5.97. The molecule has 0 aliphatic carbocycles. The predicted octanol–water partition coefficient (Wildman–Crippen LogP) is 2.39. The van der Waals surface area contributed by atoms with E-state index >= 15 is 0 Å². The molecule has 0 fully saturated rings. The quantitative estimate of drug-likeness (QED) is 0.749. The van der Waals surface area contributed by atoms with Gasteiger partial charge in [0.05, 0.1) is 0 Å². The molecule has 1 amide bonds. The summed E-state index contributed by atoms with van der Waals surface area (Å²) in [7, 11) is 4.02. The molecule has 0 saturated carbocycles. The number of carbonyl (C=O) groups is 1. The Kier molecular flexibility index (Phi) is 6.55. The fourth-order valence-electron chi connectivity index (χ4n) is 2.03. The van der Waals surface area contributed by atoms with E-state index in [9.17, 15) is 4.79 Å². The first-order chi connectivity index (χ1) is 11.0. The van der Waals surface area contributed by atoms with Crippen LogP contribution in [-0.2, 0) is 11.2 Å². The van der Waals surface area contributed by atoms with Crippen molar-refractivity contribution in [1.29, 1.82) is 0 Å². The molecule has 1 heterocycles. The van der Waals surface area contributed by atoms with Crippen molar-refractivity contribution in [3.63, 3.8) is 0 Å². The van der Waals surface area contributed by atoms with Crippen LogP contribution in [0, 0.1) is 0 Å². The summed E-state index contributed by atoms with van der Waals surface area (Å²) in [5.41, 5.74) is 0.792. The minimum atomic E-state index is -0.00809. The Balaban J connectivity index is 1.77. The van der Waals surface area contributed by atoms with Gasteiger partial charge in [-0.3, -0.25) is 4.79 Å². The monoisotopic (exact) mass is 336 g/mol. The van der Waals surface area contributed by atoms with Crippen LogP contribution in [0.3, 0.4) is 0 Å². The normalized spacial score (nSPS) is 11.0. The van der Waals surface area contributed by atoms with Gasteiger partial charge in [-0.2, -0.15) is 4.98 Å². The van der Waals surface area contributed by atoms with Crippen molar-refractivity contribution in [2.75, 3.05) is 27.2 Å². The van der Waals surface area contributed by atoms with Crippen molar-refractivity contribution in [3.8, 4) is 11.4 Å². The highest BCUT2D eigenvalue weighted by molar-refractivity contribution is 6.30. The molecule has 0 atom stereocenters. The highest BCUT2D eigenvalue weighted by Gasteiger charge is 2.10. The average molecular weight is 337 g/mol. The molecule has 0 spiro atoms. The van der Waals surface area contributed by atoms with Crippen LogP contribution in [0.5, 0.6) is 0 Å². The second-order valence-electron chi connectivity index (χ2n) is 5.53. The fourth-order valence-corrected chi connectivity index (χ4v) is 2.22. The molecular weight excluding hydrogens is 316 g/mol. The summed E-state index contributed by atoms with van der Waals surface area (Å²) in [6, 6.07) is 7.24. The Morgan fingerprint density at radius 3 is 2.96 bits per heavy atom. The van der Waals surface area contributed by atoms with Gasteiger partial charge in [-0.1, -0.05) is 28.9 Å². The number of benzene rings is 1. The Morgan fingerprint density at radius 1 is 1.39 bits per heavy atom. The lowest BCUT2D eigenvalue weighted by Gasteiger charge is -2.09. The molecule has 0 unspecified atom stereocenters. The molecule has 0 bridgehead atoms. The molecule has 0 aliphatic heterocycles. The first-order valence-electron chi connectivity index (χ1n) is 7.54. The van der Waals surface area contributed by atoms with Gasteiger partial charge >= 0.3 is 0 Å². The summed E-state index contributed by atoms with van der Waals surface area (Å²) in [4.78, 5) is 18.1. The lowest BCUT2D eigenvalue weighted by Crippen LogP contribution is -2.27. The summed E-state index contributed by atoms with van der Waals surface area (Å²) in [5.74, 6) is 0.920. The van der Waals surface area contributed by atoms with Crippen LogP contribution in [0.4, 0.5) is 0 Å². The number of nitrogens with one attached hydrogen (secondary N) is 1. The molecule has 7 heteroatoms. The zero-order valence-electron chi connectivity index (χ0n) is 13.4. The van der Waals surface area contributed by atoms with E-state index in [0.717, 1.165) is 18.5 Å². The maximum absolute atomic E-state index is 11.8. The zero-order chi connectivity index (χ0) is 16.7. The van der Waals surface area contributed by atoms with Gasteiger partial charge in [0.25, 0.3) is 0 Å². The molecule has 1 N–H and O–H groups in total. The summed E-state index contributed by atoms with van der Waals surface area (Å²) in [6.45, 7) is 1.63. The van der Waals surface area contributed by atoms with E-state index in [2.05, 4.69) is 20.4 Å². The van der Waals surface area contributed by atoms with Gasteiger partial charge in [0.15, 0.2) is 0 Å². The first kappa shape index (κ1) is 17.4. The minimum absolute atomic E-state index is 0.00809. The molecule has 0 aliphatic rings. The van der Waals surface area contributed by atoms with Gasteiger partial charge in [0.1, 0.15) is 0 Å².